The molecule has 0 aliphatic heterocycles. The first-order valence-corrected chi connectivity index (χ1v) is 6.30. The highest BCUT2D eigenvalue weighted by Gasteiger charge is 2.22. The molecular formula is C13H12N4O6. The first kappa shape index (κ1) is 15.9. The second-order valence-corrected chi connectivity index (χ2v) is 4.21. The van der Waals surface area contributed by atoms with Gasteiger partial charge in [-0.05, 0) is 12.1 Å². The zero-order chi connectivity index (χ0) is 16.8. The Hall–Kier alpha value is -3.43. The minimum Gasteiger partial charge on any atom is -0.497 e. The van der Waals surface area contributed by atoms with Gasteiger partial charge in [0.05, 0.1) is 18.4 Å². The van der Waals surface area contributed by atoms with Crippen LogP contribution in [0.4, 0.5) is 11.4 Å². The summed E-state index contributed by atoms with van der Waals surface area (Å²) in [5.74, 6) is -0.551. The molecule has 0 fully saturated rings. The third-order valence-electron chi connectivity index (χ3n) is 2.67. The summed E-state index contributed by atoms with van der Waals surface area (Å²) in [7, 11) is 1.49. The summed E-state index contributed by atoms with van der Waals surface area (Å²) in [6, 6.07) is 6.61. The van der Waals surface area contributed by atoms with Crippen LogP contribution in [-0.2, 0) is 4.79 Å². The Morgan fingerprint density at radius 1 is 1.48 bits per heavy atom. The number of nitro groups is 1. The van der Waals surface area contributed by atoms with Gasteiger partial charge in [-0.25, -0.2) is 0 Å². The summed E-state index contributed by atoms with van der Waals surface area (Å²) in [5.41, 5.74) is -1.36. The molecule has 0 spiro atoms. The third kappa shape index (κ3) is 4.03. The van der Waals surface area contributed by atoms with E-state index < -0.39 is 34.6 Å². The number of anilines is 1. The van der Waals surface area contributed by atoms with E-state index in [0.29, 0.717) is 11.4 Å². The smallest absolute Gasteiger partial charge is 0.395 e. The number of aromatic amines is 1. The summed E-state index contributed by atoms with van der Waals surface area (Å²) in [6.07, 6.45) is 0.949. The van der Waals surface area contributed by atoms with Crippen molar-refractivity contribution < 1.29 is 19.2 Å². The van der Waals surface area contributed by atoms with Crippen LogP contribution in [0.15, 0.2) is 35.4 Å². The Bertz CT molecular complexity index is 788. The van der Waals surface area contributed by atoms with Crippen LogP contribution in [0.5, 0.6) is 11.6 Å². The van der Waals surface area contributed by atoms with Crippen LogP contribution in [0.1, 0.15) is 0 Å². The maximum Gasteiger partial charge on any atom is 0.395 e. The van der Waals surface area contributed by atoms with Crippen LogP contribution >= 0.6 is 0 Å². The van der Waals surface area contributed by atoms with Gasteiger partial charge in [-0.2, -0.15) is 4.98 Å². The van der Waals surface area contributed by atoms with Gasteiger partial charge in [-0.3, -0.25) is 19.7 Å². The zero-order valence-electron chi connectivity index (χ0n) is 11.9. The number of H-pyrrole nitrogens is 1. The largest absolute Gasteiger partial charge is 0.497 e. The molecule has 0 bridgehead atoms. The lowest BCUT2D eigenvalue weighted by molar-refractivity contribution is -0.387. The summed E-state index contributed by atoms with van der Waals surface area (Å²) in [6.45, 7) is -0.547. The SMILES string of the molecule is COc1cccc(NC(=O)COc2nc[nH]c(=O)c2[N+](=O)[O-])c1. The number of hydrogen-bond donors (Lipinski definition) is 2. The molecule has 1 aromatic carbocycles. The van der Waals surface area contributed by atoms with Crippen molar-refractivity contribution in [3.63, 3.8) is 0 Å². The molecule has 1 heterocycles. The van der Waals surface area contributed by atoms with E-state index in [9.17, 15) is 19.7 Å². The second-order valence-electron chi connectivity index (χ2n) is 4.21. The number of nitrogens with zero attached hydrogens (tertiary/aromatic N) is 2. The lowest BCUT2D eigenvalue weighted by Gasteiger charge is -2.08. The van der Waals surface area contributed by atoms with Gasteiger partial charge in [0, 0.05) is 11.8 Å². The minimum absolute atomic E-state index is 0.464. The maximum atomic E-state index is 11.8. The fourth-order valence-corrected chi connectivity index (χ4v) is 1.67. The molecular weight excluding hydrogens is 308 g/mol. The molecule has 0 aliphatic rings. The lowest BCUT2D eigenvalue weighted by Crippen LogP contribution is -2.22. The number of aromatic nitrogens is 2. The van der Waals surface area contributed by atoms with Gasteiger partial charge in [-0.1, -0.05) is 6.07 Å². The van der Waals surface area contributed by atoms with Crippen molar-refractivity contribution in [2.24, 2.45) is 0 Å². The fraction of sp³-hybridized carbons (Fsp3) is 0.154. The standard InChI is InChI=1S/C13H12N4O6/c1-22-9-4-2-3-8(5-9)16-10(18)6-23-13-11(17(20)21)12(19)14-7-15-13/h2-5,7H,6H2,1H3,(H,16,18)(H,14,15,19). The number of methoxy groups -OCH3 is 1. The Morgan fingerprint density at radius 2 is 2.26 bits per heavy atom. The van der Waals surface area contributed by atoms with Crippen LogP contribution in [0.3, 0.4) is 0 Å². The molecule has 0 aliphatic carbocycles. The summed E-state index contributed by atoms with van der Waals surface area (Å²) >= 11 is 0. The number of benzene rings is 1. The van der Waals surface area contributed by atoms with E-state index in [-0.39, 0.29) is 0 Å². The quantitative estimate of drug-likeness (QED) is 0.590. The first-order valence-electron chi connectivity index (χ1n) is 6.30. The highest BCUT2D eigenvalue weighted by atomic mass is 16.6. The molecule has 0 atom stereocenters. The van der Waals surface area contributed by atoms with Crippen LogP contribution in [0.25, 0.3) is 0 Å². The van der Waals surface area contributed by atoms with E-state index in [4.69, 9.17) is 9.47 Å². The molecule has 10 nitrogen and oxygen atoms in total. The van der Waals surface area contributed by atoms with Crippen LogP contribution in [-0.4, -0.2) is 34.5 Å². The first-order chi connectivity index (χ1) is 11.0. The lowest BCUT2D eigenvalue weighted by atomic mass is 10.3. The molecule has 23 heavy (non-hydrogen) atoms. The van der Waals surface area contributed by atoms with Gasteiger partial charge in [0.1, 0.15) is 5.75 Å². The number of rotatable bonds is 6. The van der Waals surface area contributed by atoms with E-state index in [2.05, 4.69) is 15.3 Å². The Kier molecular flexibility index (Phi) is 4.87. The third-order valence-corrected chi connectivity index (χ3v) is 2.67. The van der Waals surface area contributed by atoms with Crippen LogP contribution in [0, 0.1) is 10.1 Å². The van der Waals surface area contributed by atoms with Gasteiger partial charge in [-0.15, -0.1) is 0 Å². The van der Waals surface area contributed by atoms with Crippen molar-refractivity contribution >= 4 is 17.3 Å². The molecule has 10 heteroatoms. The average Bonchev–Trinajstić information content (AvgIpc) is 2.52. The molecule has 1 amide bonds. The van der Waals surface area contributed by atoms with Gasteiger partial charge >= 0.3 is 17.1 Å². The second kappa shape index (κ2) is 7.02. The number of hydrogen-bond acceptors (Lipinski definition) is 7. The minimum atomic E-state index is -0.965. The number of carbonyl (C=O) groups excluding carboxylic acids is 1. The van der Waals surface area contributed by atoms with Crippen LogP contribution < -0.4 is 20.3 Å². The summed E-state index contributed by atoms with van der Waals surface area (Å²) in [4.78, 5) is 38.6. The van der Waals surface area contributed by atoms with Crippen molar-refractivity contribution in [1.29, 1.82) is 0 Å². The molecule has 0 radical (unpaired) electrons. The highest BCUT2D eigenvalue weighted by Crippen LogP contribution is 2.18. The summed E-state index contributed by atoms with van der Waals surface area (Å²) in [5, 5.41) is 13.3. The molecule has 120 valence electrons. The number of ether oxygens (including phenoxy) is 2. The highest BCUT2D eigenvalue weighted by molar-refractivity contribution is 5.92. The Morgan fingerprint density at radius 3 is 2.96 bits per heavy atom. The number of amides is 1. The van der Waals surface area contributed by atoms with Gasteiger partial charge in [0.25, 0.3) is 5.91 Å². The van der Waals surface area contributed by atoms with Gasteiger partial charge < -0.3 is 19.8 Å². The predicted molar refractivity (Wildman–Crippen MR) is 78.6 cm³/mol. The van der Waals surface area contributed by atoms with Gasteiger partial charge in [0.2, 0.25) is 0 Å². The molecule has 0 saturated heterocycles. The van der Waals surface area contributed by atoms with E-state index in [1.807, 2.05) is 0 Å². The zero-order valence-corrected chi connectivity index (χ0v) is 11.9. The van der Waals surface area contributed by atoms with Crippen LogP contribution in [0.2, 0.25) is 0 Å². The molecule has 2 rings (SSSR count). The molecule has 0 unspecified atom stereocenters. The molecule has 2 N–H and O–H groups in total. The van der Waals surface area contributed by atoms with E-state index in [1.165, 1.54) is 7.11 Å². The number of carbonyl (C=O) groups is 1. The molecule has 2 aromatic rings. The monoisotopic (exact) mass is 320 g/mol. The van der Waals surface area contributed by atoms with Gasteiger partial charge in [0.15, 0.2) is 6.61 Å². The van der Waals surface area contributed by atoms with Crippen molar-refractivity contribution in [2.75, 3.05) is 19.0 Å². The Balaban J connectivity index is 2.04. The van der Waals surface area contributed by atoms with E-state index in [1.54, 1.807) is 24.3 Å². The Labute approximate surface area is 129 Å². The van der Waals surface area contributed by atoms with Crippen molar-refractivity contribution in [2.45, 2.75) is 0 Å². The fourth-order valence-electron chi connectivity index (χ4n) is 1.67. The van der Waals surface area contributed by atoms with E-state index >= 15 is 0 Å². The van der Waals surface area contributed by atoms with E-state index in [0.717, 1.165) is 6.33 Å². The average molecular weight is 320 g/mol. The summed E-state index contributed by atoms with van der Waals surface area (Å²) < 4.78 is 9.97. The predicted octanol–water partition coefficient (Wildman–Crippen LogP) is 0.704. The van der Waals surface area contributed by atoms with Crippen molar-refractivity contribution in [3.8, 4) is 11.6 Å². The normalized spacial score (nSPS) is 9.96. The topological polar surface area (TPSA) is 136 Å². The maximum absolute atomic E-state index is 11.8. The number of nitrogens with one attached hydrogen (secondary N) is 2. The van der Waals surface area contributed by atoms with Crippen molar-refractivity contribution in [1.82, 2.24) is 9.97 Å². The van der Waals surface area contributed by atoms with Crippen molar-refractivity contribution in [3.05, 3.63) is 51.1 Å². The molecule has 0 saturated carbocycles. The molecule has 1 aromatic heterocycles.